The highest BCUT2D eigenvalue weighted by molar-refractivity contribution is 7.92. The Kier molecular flexibility index (Phi) is 5.43. The molecule has 4 rings (SSSR count). The number of sulfonamides is 1. The van der Waals surface area contributed by atoms with Crippen LogP contribution in [0.5, 0.6) is 5.75 Å². The number of aromatic nitrogens is 2. The summed E-state index contributed by atoms with van der Waals surface area (Å²) in [7, 11) is -2.46. The van der Waals surface area contributed by atoms with Gasteiger partial charge in [0.2, 0.25) is 0 Å². The predicted octanol–water partition coefficient (Wildman–Crippen LogP) is 4.63. The Labute approximate surface area is 179 Å². The molecule has 4 aromatic rings. The van der Waals surface area contributed by atoms with Gasteiger partial charge in [0.05, 0.1) is 23.0 Å². The Morgan fingerprint density at radius 2 is 1.55 bits per heavy atom. The summed E-state index contributed by atoms with van der Waals surface area (Å²) < 4.78 is 47.4. The van der Waals surface area contributed by atoms with Crippen molar-refractivity contribution in [2.45, 2.75) is 11.8 Å². The lowest BCUT2D eigenvalue weighted by Crippen LogP contribution is -2.16. The van der Waals surface area contributed by atoms with E-state index < -0.39 is 10.0 Å². The van der Waals surface area contributed by atoms with Crippen molar-refractivity contribution in [2.24, 2.45) is 0 Å². The molecule has 0 fully saturated rings. The third-order valence-electron chi connectivity index (χ3n) is 4.61. The zero-order chi connectivity index (χ0) is 22.0. The Bertz CT molecular complexity index is 1360. The van der Waals surface area contributed by atoms with Gasteiger partial charge in [0.15, 0.2) is 11.6 Å². The number of halogens is 1. The van der Waals surface area contributed by atoms with Crippen LogP contribution in [0, 0.1) is 12.7 Å². The number of aryl methyl sites for hydroxylation is 1. The summed E-state index contributed by atoms with van der Waals surface area (Å²) in [5.74, 6) is 0.293. The lowest BCUT2D eigenvalue weighted by atomic mass is 10.2. The molecule has 0 amide bonds. The summed E-state index contributed by atoms with van der Waals surface area (Å²) in [6.07, 6.45) is 0. The SMILES string of the molecule is COc1ccc(S(=O)(=O)Nc2nc3ccccc3nc2Nc2ccc(C)c(F)c2)cc1. The molecule has 0 saturated heterocycles. The standard InChI is InChI=1S/C22H19FN4O3S/c1-14-7-8-15(13-18(14)23)24-21-22(26-20-6-4-3-5-19(20)25-21)27-31(28,29)17-11-9-16(30-2)10-12-17/h3-13H,1-2H3,(H,24,25)(H,26,27). The van der Waals surface area contributed by atoms with E-state index in [2.05, 4.69) is 20.0 Å². The van der Waals surface area contributed by atoms with Crippen LogP contribution < -0.4 is 14.8 Å². The number of nitrogens with zero attached hydrogens (tertiary/aromatic N) is 2. The number of benzene rings is 3. The first-order valence-corrected chi connectivity index (χ1v) is 10.8. The van der Waals surface area contributed by atoms with Gasteiger partial charge in [-0.1, -0.05) is 18.2 Å². The summed E-state index contributed by atoms with van der Waals surface area (Å²) in [6.45, 7) is 1.66. The van der Waals surface area contributed by atoms with Crippen LogP contribution in [0.3, 0.4) is 0 Å². The zero-order valence-electron chi connectivity index (χ0n) is 16.8. The molecule has 0 aliphatic rings. The first-order chi connectivity index (χ1) is 14.9. The second-order valence-corrected chi connectivity index (χ2v) is 8.46. The van der Waals surface area contributed by atoms with Crippen LogP contribution in [0.25, 0.3) is 11.0 Å². The van der Waals surface area contributed by atoms with Gasteiger partial charge in [0, 0.05) is 5.69 Å². The Hall–Kier alpha value is -3.72. The summed E-state index contributed by atoms with van der Waals surface area (Å²) in [4.78, 5) is 8.94. The van der Waals surface area contributed by atoms with Crippen LogP contribution in [-0.4, -0.2) is 25.5 Å². The highest BCUT2D eigenvalue weighted by Crippen LogP contribution is 2.28. The molecule has 0 radical (unpaired) electrons. The normalized spacial score (nSPS) is 11.3. The minimum absolute atomic E-state index is 0.00417. The maximum atomic E-state index is 14.0. The van der Waals surface area contributed by atoms with E-state index in [4.69, 9.17) is 4.74 Å². The quantitative estimate of drug-likeness (QED) is 0.456. The van der Waals surface area contributed by atoms with E-state index in [1.807, 2.05) is 0 Å². The van der Waals surface area contributed by atoms with Crippen molar-refractivity contribution in [2.75, 3.05) is 17.1 Å². The van der Waals surface area contributed by atoms with Crippen LogP contribution in [-0.2, 0) is 10.0 Å². The third kappa shape index (κ3) is 4.41. The second-order valence-electron chi connectivity index (χ2n) is 6.78. The number of fused-ring (bicyclic) bond motifs is 1. The van der Waals surface area contributed by atoms with Gasteiger partial charge < -0.3 is 10.1 Å². The van der Waals surface area contributed by atoms with Crippen LogP contribution in [0.15, 0.2) is 71.6 Å². The van der Waals surface area contributed by atoms with Crippen LogP contribution in [0.4, 0.5) is 21.7 Å². The van der Waals surface area contributed by atoms with E-state index in [1.54, 1.807) is 55.5 Å². The minimum atomic E-state index is -3.96. The molecular weight excluding hydrogens is 419 g/mol. The number of ether oxygens (including phenoxy) is 1. The summed E-state index contributed by atoms with van der Waals surface area (Å²) in [5, 5.41) is 2.96. The number of nitrogens with one attached hydrogen (secondary N) is 2. The van der Waals surface area contributed by atoms with E-state index in [0.29, 0.717) is 28.0 Å². The molecule has 1 heterocycles. The molecule has 0 spiro atoms. The Morgan fingerprint density at radius 1 is 0.903 bits per heavy atom. The topological polar surface area (TPSA) is 93.2 Å². The lowest BCUT2D eigenvalue weighted by molar-refractivity contribution is 0.414. The van der Waals surface area contributed by atoms with Gasteiger partial charge in [-0.3, -0.25) is 4.72 Å². The fourth-order valence-electron chi connectivity index (χ4n) is 2.91. The van der Waals surface area contributed by atoms with Crippen LogP contribution in [0.1, 0.15) is 5.56 Å². The summed E-state index contributed by atoms with van der Waals surface area (Å²) >= 11 is 0. The number of hydrogen-bond acceptors (Lipinski definition) is 6. The van der Waals surface area contributed by atoms with Crippen LogP contribution in [0.2, 0.25) is 0 Å². The van der Waals surface area contributed by atoms with Gasteiger partial charge in [0.25, 0.3) is 10.0 Å². The zero-order valence-corrected chi connectivity index (χ0v) is 17.6. The number of para-hydroxylation sites is 2. The molecule has 9 heteroatoms. The van der Waals surface area contributed by atoms with E-state index in [0.717, 1.165) is 0 Å². The Balaban J connectivity index is 1.75. The maximum absolute atomic E-state index is 14.0. The molecule has 0 atom stereocenters. The smallest absolute Gasteiger partial charge is 0.263 e. The van der Waals surface area contributed by atoms with Gasteiger partial charge in [-0.2, -0.15) is 0 Å². The van der Waals surface area contributed by atoms with Crippen molar-refractivity contribution in [1.29, 1.82) is 0 Å². The molecule has 7 nitrogen and oxygen atoms in total. The highest BCUT2D eigenvalue weighted by Gasteiger charge is 2.19. The van der Waals surface area contributed by atoms with Crippen molar-refractivity contribution in [3.05, 3.63) is 78.1 Å². The molecule has 0 bridgehead atoms. The summed E-state index contributed by atoms with van der Waals surface area (Å²) in [6, 6.07) is 17.6. The number of hydrogen-bond donors (Lipinski definition) is 2. The number of rotatable bonds is 6. The van der Waals surface area contributed by atoms with Crippen molar-refractivity contribution in [3.63, 3.8) is 0 Å². The van der Waals surface area contributed by atoms with Gasteiger partial charge >= 0.3 is 0 Å². The van der Waals surface area contributed by atoms with Gasteiger partial charge in [-0.15, -0.1) is 0 Å². The molecule has 3 aromatic carbocycles. The lowest BCUT2D eigenvalue weighted by Gasteiger charge is -2.14. The van der Waals surface area contributed by atoms with Gasteiger partial charge in [0.1, 0.15) is 11.6 Å². The molecule has 0 aliphatic carbocycles. The van der Waals surface area contributed by atoms with Crippen molar-refractivity contribution >= 4 is 38.4 Å². The molecule has 158 valence electrons. The highest BCUT2D eigenvalue weighted by atomic mass is 32.2. The van der Waals surface area contributed by atoms with Crippen molar-refractivity contribution in [3.8, 4) is 5.75 Å². The minimum Gasteiger partial charge on any atom is -0.497 e. The van der Waals surface area contributed by atoms with E-state index >= 15 is 0 Å². The first-order valence-electron chi connectivity index (χ1n) is 9.32. The van der Waals surface area contributed by atoms with Gasteiger partial charge in [-0.25, -0.2) is 22.8 Å². The molecule has 31 heavy (non-hydrogen) atoms. The van der Waals surface area contributed by atoms with E-state index in [-0.39, 0.29) is 22.3 Å². The van der Waals surface area contributed by atoms with E-state index in [9.17, 15) is 12.8 Å². The molecule has 0 aliphatic heterocycles. The first kappa shape index (κ1) is 20.5. The van der Waals surface area contributed by atoms with Crippen molar-refractivity contribution in [1.82, 2.24) is 9.97 Å². The fourth-order valence-corrected chi connectivity index (χ4v) is 3.92. The molecule has 1 aromatic heterocycles. The summed E-state index contributed by atoms with van der Waals surface area (Å²) in [5.41, 5.74) is 1.98. The van der Waals surface area contributed by atoms with E-state index in [1.165, 1.54) is 25.3 Å². The average molecular weight is 438 g/mol. The van der Waals surface area contributed by atoms with Crippen molar-refractivity contribution < 1.29 is 17.5 Å². The molecule has 2 N–H and O–H groups in total. The Morgan fingerprint density at radius 3 is 2.16 bits per heavy atom. The molecule has 0 saturated carbocycles. The number of anilines is 3. The molecular formula is C22H19FN4O3S. The average Bonchev–Trinajstić information content (AvgIpc) is 2.76. The molecule has 0 unspecified atom stereocenters. The predicted molar refractivity (Wildman–Crippen MR) is 118 cm³/mol. The van der Waals surface area contributed by atoms with Gasteiger partial charge in [-0.05, 0) is 61.0 Å². The largest absolute Gasteiger partial charge is 0.497 e. The van der Waals surface area contributed by atoms with Crippen LogP contribution >= 0.6 is 0 Å². The third-order valence-corrected chi connectivity index (χ3v) is 5.96. The fraction of sp³-hybridized carbons (Fsp3) is 0.0909. The second kappa shape index (κ2) is 8.19. The maximum Gasteiger partial charge on any atom is 0.263 e. The number of methoxy groups -OCH3 is 1. The monoisotopic (exact) mass is 438 g/mol.